The van der Waals surface area contributed by atoms with Gasteiger partial charge in [-0.1, -0.05) is 46.0 Å². The first-order valence-corrected chi connectivity index (χ1v) is 6.51. The van der Waals surface area contributed by atoms with Crippen LogP contribution in [0.1, 0.15) is 58.8 Å². The van der Waals surface area contributed by atoms with Crippen LogP contribution < -0.4 is 0 Å². The zero-order valence-electron chi connectivity index (χ0n) is 10.4. The lowest BCUT2D eigenvalue weighted by Crippen LogP contribution is -2.20. The minimum atomic E-state index is 0.261. The van der Waals surface area contributed by atoms with Gasteiger partial charge in [-0.2, -0.15) is 0 Å². The zero-order chi connectivity index (χ0) is 11.5. The van der Waals surface area contributed by atoms with Crippen molar-refractivity contribution in [2.24, 2.45) is 11.8 Å². The highest BCUT2D eigenvalue weighted by molar-refractivity contribution is 4.69. The van der Waals surface area contributed by atoms with Crippen molar-refractivity contribution in [1.82, 2.24) is 0 Å². The molecule has 2 unspecified atom stereocenters. The van der Waals surface area contributed by atoms with E-state index < -0.39 is 0 Å². The van der Waals surface area contributed by atoms with Gasteiger partial charge in [0.15, 0.2) is 0 Å². The largest absolute Gasteiger partial charge is 0.396 e. The first kappa shape index (κ1) is 14.9. The standard InChI is InChI=1S/C13H28O2/c1-3-5-7-12(9-10-14)13(11-15)8-6-4-2/h12-15H,3-11H2,1-2H3. The van der Waals surface area contributed by atoms with E-state index in [2.05, 4.69) is 13.8 Å². The average Bonchev–Trinajstić information content (AvgIpc) is 2.26. The van der Waals surface area contributed by atoms with Crippen molar-refractivity contribution in [1.29, 1.82) is 0 Å². The zero-order valence-corrected chi connectivity index (χ0v) is 10.4. The second kappa shape index (κ2) is 10.4. The molecule has 0 saturated heterocycles. The molecule has 2 atom stereocenters. The van der Waals surface area contributed by atoms with Gasteiger partial charge in [-0.3, -0.25) is 0 Å². The molecule has 0 aromatic heterocycles. The fourth-order valence-electron chi connectivity index (χ4n) is 2.19. The summed E-state index contributed by atoms with van der Waals surface area (Å²) >= 11 is 0. The summed E-state index contributed by atoms with van der Waals surface area (Å²) in [5, 5.41) is 18.4. The van der Waals surface area contributed by atoms with Crippen molar-refractivity contribution >= 4 is 0 Å². The summed E-state index contributed by atoms with van der Waals surface area (Å²) in [6.07, 6.45) is 7.93. The summed E-state index contributed by atoms with van der Waals surface area (Å²) in [6.45, 7) is 4.92. The number of aliphatic hydroxyl groups is 2. The molecular formula is C13H28O2. The molecule has 2 nitrogen and oxygen atoms in total. The van der Waals surface area contributed by atoms with E-state index in [1.165, 1.54) is 25.7 Å². The number of hydrogen-bond donors (Lipinski definition) is 2. The lowest BCUT2D eigenvalue weighted by molar-refractivity contribution is 0.132. The van der Waals surface area contributed by atoms with E-state index in [1.807, 2.05) is 0 Å². The summed E-state index contributed by atoms with van der Waals surface area (Å²) in [7, 11) is 0. The van der Waals surface area contributed by atoms with Crippen molar-refractivity contribution in [3.05, 3.63) is 0 Å². The van der Waals surface area contributed by atoms with Gasteiger partial charge in [0.1, 0.15) is 0 Å². The Labute approximate surface area is 94.7 Å². The maximum atomic E-state index is 9.37. The van der Waals surface area contributed by atoms with Crippen molar-refractivity contribution in [2.75, 3.05) is 13.2 Å². The Morgan fingerprint density at radius 2 is 1.33 bits per heavy atom. The van der Waals surface area contributed by atoms with Crippen LogP contribution >= 0.6 is 0 Å². The van der Waals surface area contributed by atoms with Crippen molar-refractivity contribution < 1.29 is 10.2 Å². The number of hydrogen-bond acceptors (Lipinski definition) is 2. The van der Waals surface area contributed by atoms with Crippen LogP contribution in [0.2, 0.25) is 0 Å². The third-order valence-corrected chi connectivity index (χ3v) is 3.26. The SMILES string of the molecule is CCCCC(CO)C(CCO)CCCC. The van der Waals surface area contributed by atoms with Gasteiger partial charge >= 0.3 is 0 Å². The van der Waals surface area contributed by atoms with Crippen LogP contribution in [0.3, 0.4) is 0 Å². The molecule has 0 bridgehead atoms. The maximum Gasteiger partial charge on any atom is 0.0461 e. The Kier molecular flexibility index (Phi) is 10.4. The second-order valence-electron chi connectivity index (χ2n) is 4.50. The molecule has 0 aliphatic rings. The molecule has 0 saturated carbocycles. The smallest absolute Gasteiger partial charge is 0.0461 e. The van der Waals surface area contributed by atoms with Crippen LogP contribution in [0.5, 0.6) is 0 Å². The Morgan fingerprint density at radius 3 is 1.73 bits per heavy atom. The van der Waals surface area contributed by atoms with Gasteiger partial charge in [0.2, 0.25) is 0 Å². The summed E-state index contributed by atoms with van der Waals surface area (Å²) in [5.74, 6) is 0.926. The molecule has 92 valence electrons. The Bertz CT molecular complexity index is 126. The van der Waals surface area contributed by atoms with Crippen LogP contribution in [-0.2, 0) is 0 Å². The van der Waals surface area contributed by atoms with E-state index in [1.54, 1.807) is 0 Å². The van der Waals surface area contributed by atoms with Gasteiger partial charge in [-0.25, -0.2) is 0 Å². The van der Waals surface area contributed by atoms with Crippen LogP contribution in [0.15, 0.2) is 0 Å². The number of unbranched alkanes of at least 4 members (excludes halogenated alkanes) is 2. The number of rotatable bonds is 10. The third kappa shape index (κ3) is 6.91. The fraction of sp³-hybridized carbons (Fsp3) is 1.00. The van der Waals surface area contributed by atoms with Gasteiger partial charge < -0.3 is 10.2 Å². The molecule has 2 heteroatoms. The minimum absolute atomic E-state index is 0.261. The quantitative estimate of drug-likeness (QED) is 0.589. The van der Waals surface area contributed by atoms with E-state index in [9.17, 15) is 5.11 Å². The molecule has 0 rings (SSSR count). The molecule has 0 aromatic rings. The van der Waals surface area contributed by atoms with Crippen molar-refractivity contribution in [2.45, 2.75) is 58.8 Å². The molecule has 0 amide bonds. The Hall–Kier alpha value is -0.0800. The highest BCUT2D eigenvalue weighted by Crippen LogP contribution is 2.26. The second-order valence-corrected chi connectivity index (χ2v) is 4.50. The van der Waals surface area contributed by atoms with Gasteiger partial charge in [0.25, 0.3) is 0 Å². The maximum absolute atomic E-state index is 9.37. The number of aliphatic hydroxyl groups excluding tert-OH is 2. The Morgan fingerprint density at radius 1 is 0.800 bits per heavy atom. The lowest BCUT2D eigenvalue weighted by atomic mass is 9.83. The van der Waals surface area contributed by atoms with E-state index in [4.69, 9.17) is 5.11 Å². The van der Waals surface area contributed by atoms with Gasteiger partial charge in [0.05, 0.1) is 0 Å². The van der Waals surface area contributed by atoms with Crippen LogP contribution in [0, 0.1) is 11.8 Å². The van der Waals surface area contributed by atoms with Gasteiger partial charge in [-0.05, 0) is 24.7 Å². The highest BCUT2D eigenvalue weighted by Gasteiger charge is 2.19. The van der Waals surface area contributed by atoms with Gasteiger partial charge in [-0.15, -0.1) is 0 Å². The molecule has 0 heterocycles. The van der Waals surface area contributed by atoms with E-state index in [-0.39, 0.29) is 13.2 Å². The van der Waals surface area contributed by atoms with E-state index in [0.29, 0.717) is 11.8 Å². The van der Waals surface area contributed by atoms with Crippen LogP contribution in [0.4, 0.5) is 0 Å². The van der Waals surface area contributed by atoms with E-state index in [0.717, 1.165) is 19.3 Å². The molecule has 15 heavy (non-hydrogen) atoms. The third-order valence-electron chi connectivity index (χ3n) is 3.26. The molecule has 0 aromatic carbocycles. The fourth-order valence-corrected chi connectivity index (χ4v) is 2.19. The summed E-state index contributed by atoms with van der Waals surface area (Å²) in [6, 6.07) is 0. The molecular weight excluding hydrogens is 188 g/mol. The minimum Gasteiger partial charge on any atom is -0.396 e. The Balaban J connectivity index is 4.00. The van der Waals surface area contributed by atoms with Gasteiger partial charge in [0, 0.05) is 13.2 Å². The molecule has 0 fully saturated rings. The van der Waals surface area contributed by atoms with Crippen LogP contribution in [0.25, 0.3) is 0 Å². The highest BCUT2D eigenvalue weighted by atomic mass is 16.3. The van der Waals surface area contributed by atoms with Crippen LogP contribution in [-0.4, -0.2) is 23.4 Å². The molecule has 0 aliphatic carbocycles. The molecule has 0 radical (unpaired) electrons. The summed E-state index contributed by atoms with van der Waals surface area (Å²) in [4.78, 5) is 0. The molecule has 2 N–H and O–H groups in total. The molecule has 0 aliphatic heterocycles. The predicted octanol–water partition coefficient (Wildman–Crippen LogP) is 2.97. The topological polar surface area (TPSA) is 40.5 Å². The van der Waals surface area contributed by atoms with Crippen molar-refractivity contribution in [3.63, 3.8) is 0 Å². The predicted molar refractivity (Wildman–Crippen MR) is 64.8 cm³/mol. The van der Waals surface area contributed by atoms with E-state index >= 15 is 0 Å². The summed E-state index contributed by atoms with van der Waals surface area (Å²) < 4.78 is 0. The average molecular weight is 216 g/mol. The molecule has 0 spiro atoms. The normalized spacial score (nSPS) is 15.2. The first-order chi connectivity index (χ1) is 7.29. The monoisotopic (exact) mass is 216 g/mol. The van der Waals surface area contributed by atoms with Crippen molar-refractivity contribution in [3.8, 4) is 0 Å². The lowest BCUT2D eigenvalue weighted by Gasteiger charge is -2.25. The first-order valence-electron chi connectivity index (χ1n) is 6.51. The summed E-state index contributed by atoms with van der Waals surface area (Å²) in [5.41, 5.74) is 0.